The first-order valence-electron chi connectivity index (χ1n) is 3.28. The molecule has 0 saturated carbocycles. The normalized spacial score (nSPS) is 10.4. The number of nitrogens with two attached hydrogens (primary N) is 1. The Kier molecular flexibility index (Phi) is 4.67. The molecule has 11 heavy (non-hydrogen) atoms. The molecule has 0 unspecified atom stereocenters. The molecule has 3 heteroatoms. The highest BCUT2D eigenvalue weighted by Crippen LogP contribution is 1.85. The van der Waals surface area contributed by atoms with Crippen LogP contribution in [-0.4, -0.2) is 19.0 Å². The SMILES string of the molecule is C#CCNC(N)=NCC(=C)C. The van der Waals surface area contributed by atoms with Crippen molar-refractivity contribution < 1.29 is 0 Å². The third kappa shape index (κ3) is 6.46. The van der Waals surface area contributed by atoms with Crippen molar-refractivity contribution in [2.75, 3.05) is 13.1 Å². The molecular weight excluding hydrogens is 138 g/mol. The predicted molar refractivity (Wildman–Crippen MR) is 48.1 cm³/mol. The van der Waals surface area contributed by atoms with Crippen LogP contribution in [0.15, 0.2) is 17.1 Å². The van der Waals surface area contributed by atoms with Crippen molar-refractivity contribution in [3.8, 4) is 12.3 Å². The number of nitrogens with one attached hydrogen (secondary N) is 1. The number of hydrogen-bond donors (Lipinski definition) is 2. The summed E-state index contributed by atoms with van der Waals surface area (Å²) in [4.78, 5) is 3.95. The molecule has 0 saturated heterocycles. The topological polar surface area (TPSA) is 50.4 Å². The zero-order valence-electron chi connectivity index (χ0n) is 6.72. The van der Waals surface area contributed by atoms with Gasteiger partial charge in [0.25, 0.3) is 0 Å². The van der Waals surface area contributed by atoms with Crippen molar-refractivity contribution in [3.05, 3.63) is 12.2 Å². The van der Waals surface area contributed by atoms with Gasteiger partial charge in [0.15, 0.2) is 5.96 Å². The summed E-state index contributed by atoms with van der Waals surface area (Å²) in [6.07, 6.45) is 4.99. The van der Waals surface area contributed by atoms with Gasteiger partial charge >= 0.3 is 0 Å². The molecule has 0 aliphatic rings. The Morgan fingerprint density at radius 1 is 1.82 bits per heavy atom. The zero-order valence-corrected chi connectivity index (χ0v) is 6.72. The molecule has 0 heterocycles. The summed E-state index contributed by atoms with van der Waals surface area (Å²) in [6, 6.07) is 0. The van der Waals surface area contributed by atoms with Crippen LogP contribution >= 0.6 is 0 Å². The standard InChI is InChI=1S/C8H13N3/c1-4-5-10-8(9)11-6-7(2)3/h1H,2,5-6H2,3H3,(H3,9,10,11). The summed E-state index contributed by atoms with van der Waals surface area (Å²) < 4.78 is 0. The number of terminal acetylenes is 1. The van der Waals surface area contributed by atoms with Crippen LogP contribution in [0.3, 0.4) is 0 Å². The Bertz CT molecular complexity index is 198. The van der Waals surface area contributed by atoms with Crippen molar-refractivity contribution in [2.45, 2.75) is 6.92 Å². The highest BCUT2D eigenvalue weighted by Gasteiger charge is 1.86. The molecule has 3 N–H and O–H groups in total. The fourth-order valence-corrected chi connectivity index (χ4v) is 0.418. The Morgan fingerprint density at radius 2 is 2.45 bits per heavy atom. The van der Waals surface area contributed by atoms with Crippen LogP contribution in [0, 0.1) is 12.3 Å². The number of rotatable bonds is 3. The summed E-state index contributed by atoms with van der Waals surface area (Å²) in [6.45, 7) is 6.52. The van der Waals surface area contributed by atoms with Crippen molar-refractivity contribution in [3.63, 3.8) is 0 Å². The molecule has 0 aromatic carbocycles. The van der Waals surface area contributed by atoms with Gasteiger partial charge in [0.1, 0.15) is 0 Å². The van der Waals surface area contributed by atoms with Crippen LogP contribution in [0.2, 0.25) is 0 Å². The summed E-state index contributed by atoms with van der Waals surface area (Å²) in [5.74, 6) is 2.76. The third-order valence-electron chi connectivity index (χ3n) is 0.891. The molecule has 60 valence electrons. The van der Waals surface area contributed by atoms with E-state index in [9.17, 15) is 0 Å². The molecule has 3 nitrogen and oxygen atoms in total. The first-order chi connectivity index (χ1) is 5.16. The van der Waals surface area contributed by atoms with E-state index < -0.39 is 0 Å². The fourth-order valence-electron chi connectivity index (χ4n) is 0.418. The molecular formula is C8H13N3. The zero-order chi connectivity index (χ0) is 8.69. The average molecular weight is 151 g/mol. The molecule has 0 fully saturated rings. The van der Waals surface area contributed by atoms with Gasteiger partial charge in [-0.3, -0.25) is 0 Å². The van der Waals surface area contributed by atoms with E-state index in [2.05, 4.69) is 22.8 Å². The van der Waals surface area contributed by atoms with Crippen molar-refractivity contribution in [1.82, 2.24) is 5.32 Å². The molecule has 0 bridgehead atoms. The van der Waals surface area contributed by atoms with Gasteiger partial charge in [-0.1, -0.05) is 18.1 Å². The van der Waals surface area contributed by atoms with Crippen molar-refractivity contribution in [2.24, 2.45) is 10.7 Å². The van der Waals surface area contributed by atoms with E-state index in [0.29, 0.717) is 19.0 Å². The van der Waals surface area contributed by atoms with E-state index in [0.717, 1.165) is 5.57 Å². The van der Waals surface area contributed by atoms with Crippen LogP contribution in [0.1, 0.15) is 6.92 Å². The van der Waals surface area contributed by atoms with Crippen LogP contribution in [0.25, 0.3) is 0 Å². The van der Waals surface area contributed by atoms with E-state index in [4.69, 9.17) is 12.2 Å². The molecule has 0 amide bonds. The maximum absolute atomic E-state index is 5.41. The predicted octanol–water partition coefficient (Wildman–Crippen LogP) is 0.100. The van der Waals surface area contributed by atoms with E-state index in [1.807, 2.05) is 6.92 Å². The number of aliphatic imine (C=N–C) groups is 1. The summed E-state index contributed by atoms with van der Waals surface area (Å²) in [7, 11) is 0. The smallest absolute Gasteiger partial charge is 0.189 e. The molecule has 0 aromatic rings. The molecule has 0 spiro atoms. The number of guanidine groups is 1. The lowest BCUT2D eigenvalue weighted by Crippen LogP contribution is -2.32. The van der Waals surface area contributed by atoms with E-state index in [-0.39, 0.29) is 0 Å². The summed E-state index contributed by atoms with van der Waals surface area (Å²) in [5, 5.41) is 2.74. The highest BCUT2D eigenvalue weighted by atomic mass is 15.1. The fraction of sp³-hybridized carbons (Fsp3) is 0.375. The second-order valence-corrected chi connectivity index (χ2v) is 2.22. The molecule has 0 aliphatic carbocycles. The van der Waals surface area contributed by atoms with Gasteiger partial charge in [0.05, 0.1) is 13.1 Å². The monoisotopic (exact) mass is 151 g/mol. The molecule has 0 aliphatic heterocycles. The Balaban J connectivity index is 3.64. The van der Waals surface area contributed by atoms with E-state index >= 15 is 0 Å². The largest absolute Gasteiger partial charge is 0.370 e. The minimum absolute atomic E-state index is 0.367. The van der Waals surface area contributed by atoms with Gasteiger partial charge in [-0.15, -0.1) is 6.42 Å². The lowest BCUT2D eigenvalue weighted by molar-refractivity contribution is 1.01. The lowest BCUT2D eigenvalue weighted by Gasteiger charge is -1.99. The van der Waals surface area contributed by atoms with E-state index in [1.165, 1.54) is 0 Å². The van der Waals surface area contributed by atoms with Gasteiger partial charge < -0.3 is 11.1 Å². The Labute approximate surface area is 67.4 Å². The van der Waals surface area contributed by atoms with E-state index in [1.54, 1.807) is 0 Å². The first-order valence-corrected chi connectivity index (χ1v) is 3.28. The molecule has 0 atom stereocenters. The maximum atomic E-state index is 5.41. The van der Waals surface area contributed by atoms with Gasteiger partial charge in [0.2, 0.25) is 0 Å². The van der Waals surface area contributed by atoms with Crippen LogP contribution in [0.4, 0.5) is 0 Å². The number of hydrogen-bond acceptors (Lipinski definition) is 1. The Hall–Kier alpha value is -1.43. The molecule has 0 rings (SSSR count). The van der Waals surface area contributed by atoms with Crippen molar-refractivity contribution >= 4 is 5.96 Å². The summed E-state index contributed by atoms with van der Waals surface area (Å²) >= 11 is 0. The maximum Gasteiger partial charge on any atom is 0.189 e. The summed E-state index contributed by atoms with van der Waals surface area (Å²) in [5.41, 5.74) is 6.38. The minimum Gasteiger partial charge on any atom is -0.370 e. The average Bonchev–Trinajstić information content (AvgIpc) is 1.97. The highest BCUT2D eigenvalue weighted by molar-refractivity contribution is 5.78. The van der Waals surface area contributed by atoms with Crippen molar-refractivity contribution in [1.29, 1.82) is 0 Å². The Morgan fingerprint density at radius 3 is 2.91 bits per heavy atom. The van der Waals surface area contributed by atoms with Gasteiger partial charge in [0, 0.05) is 0 Å². The van der Waals surface area contributed by atoms with Crippen LogP contribution in [0.5, 0.6) is 0 Å². The van der Waals surface area contributed by atoms with Gasteiger partial charge in [-0.2, -0.15) is 0 Å². The molecule has 0 aromatic heterocycles. The second-order valence-electron chi connectivity index (χ2n) is 2.22. The van der Waals surface area contributed by atoms with Gasteiger partial charge in [-0.25, -0.2) is 4.99 Å². The number of nitrogens with zero attached hydrogens (tertiary/aromatic N) is 1. The first kappa shape index (κ1) is 9.57. The quantitative estimate of drug-likeness (QED) is 0.260. The van der Waals surface area contributed by atoms with Crippen LogP contribution in [-0.2, 0) is 0 Å². The minimum atomic E-state index is 0.367. The molecule has 0 radical (unpaired) electrons. The van der Waals surface area contributed by atoms with Gasteiger partial charge in [-0.05, 0) is 6.92 Å². The second kappa shape index (κ2) is 5.36. The third-order valence-corrected chi connectivity index (χ3v) is 0.891. The van der Waals surface area contributed by atoms with Crippen LogP contribution < -0.4 is 11.1 Å². The lowest BCUT2D eigenvalue weighted by atomic mass is 10.4.